The van der Waals surface area contributed by atoms with E-state index in [1.165, 1.54) is 23.0 Å². The number of anilines is 1. The van der Waals surface area contributed by atoms with Gasteiger partial charge in [-0.1, -0.05) is 52.0 Å². The number of imidazole rings is 1. The van der Waals surface area contributed by atoms with Crippen molar-refractivity contribution in [1.29, 1.82) is 0 Å². The number of benzene rings is 1. The van der Waals surface area contributed by atoms with Crippen molar-refractivity contribution in [1.82, 2.24) is 19.5 Å². The number of nitrogens with two attached hydrogens (primary N) is 1. The van der Waals surface area contributed by atoms with Gasteiger partial charge in [0.25, 0.3) is 5.60 Å². The average molecular weight is 612 g/mol. The van der Waals surface area contributed by atoms with Crippen LogP contribution in [0.5, 0.6) is 0 Å². The van der Waals surface area contributed by atoms with E-state index in [0.29, 0.717) is 11.1 Å². The number of ether oxygens (including phenoxy) is 2. The normalized spacial score (nSPS) is 18.0. The Labute approximate surface area is 246 Å². The molecule has 0 amide bonds. The van der Waals surface area contributed by atoms with Gasteiger partial charge in [-0.15, -0.1) is 0 Å². The number of alkyl halides is 1. The number of aliphatic carboxylic acids is 3. The van der Waals surface area contributed by atoms with Crippen LogP contribution in [0.4, 0.5) is 10.2 Å². The molecule has 2 aromatic heterocycles. The smallest absolute Gasteiger partial charge is 0.348 e. The monoisotopic (exact) mass is 611 g/mol. The molecule has 0 saturated carbocycles. The third-order valence-electron chi connectivity index (χ3n) is 6.13. The van der Waals surface area contributed by atoms with Gasteiger partial charge in [-0.3, -0.25) is 9.36 Å². The maximum atomic E-state index is 15.0. The van der Waals surface area contributed by atoms with Gasteiger partial charge >= 0.3 is 17.9 Å². The van der Waals surface area contributed by atoms with E-state index in [4.69, 9.17) is 31.9 Å². The second kappa shape index (κ2) is 15.4. The van der Waals surface area contributed by atoms with Gasteiger partial charge in [0, 0.05) is 19.3 Å². The van der Waals surface area contributed by atoms with Gasteiger partial charge in [0.2, 0.25) is 5.28 Å². The molecule has 42 heavy (non-hydrogen) atoms. The lowest BCUT2D eigenvalue weighted by atomic mass is 9.93. The minimum atomic E-state index is -2.67. The number of carboxylic acids is 3. The fourth-order valence-corrected chi connectivity index (χ4v) is 4.34. The van der Waals surface area contributed by atoms with E-state index in [1.807, 2.05) is 27.7 Å². The molecular weight excluding hydrogens is 577 g/mol. The van der Waals surface area contributed by atoms with Crippen LogP contribution in [0.1, 0.15) is 57.9 Å². The molecule has 1 aromatic carbocycles. The van der Waals surface area contributed by atoms with Gasteiger partial charge in [-0.2, -0.15) is 9.97 Å². The van der Waals surface area contributed by atoms with Crippen LogP contribution >= 0.6 is 11.6 Å². The van der Waals surface area contributed by atoms with Crippen LogP contribution in [0.15, 0.2) is 30.6 Å². The first-order chi connectivity index (χ1) is 20.0. The molecule has 0 aliphatic carbocycles. The molecule has 0 bridgehead atoms. The van der Waals surface area contributed by atoms with Gasteiger partial charge in [-0.05, 0) is 29.1 Å². The molecule has 3 atom stereocenters. The Morgan fingerprint density at radius 1 is 1.10 bits per heavy atom. The minimum absolute atomic E-state index is 0.00495. The Morgan fingerprint density at radius 2 is 1.69 bits per heavy atom. The van der Waals surface area contributed by atoms with Crippen LogP contribution < -0.4 is 5.73 Å². The van der Waals surface area contributed by atoms with Crippen molar-refractivity contribution < 1.29 is 43.6 Å². The zero-order chi connectivity index (χ0) is 31.6. The lowest BCUT2D eigenvalue weighted by molar-refractivity contribution is -0.188. The number of fused-ring (bicyclic) bond motifs is 1. The number of carboxylic acid groups (broad SMARTS) is 3. The van der Waals surface area contributed by atoms with E-state index < -0.39 is 55.0 Å². The molecule has 0 radical (unpaired) electrons. The van der Waals surface area contributed by atoms with Crippen LogP contribution in [0.3, 0.4) is 0 Å². The van der Waals surface area contributed by atoms with E-state index in [2.05, 4.69) is 15.0 Å². The van der Waals surface area contributed by atoms with E-state index in [9.17, 15) is 29.0 Å². The number of carbonyl (C=O) groups is 3. The summed E-state index contributed by atoms with van der Waals surface area (Å²) in [6.07, 6.45) is -3.11. The van der Waals surface area contributed by atoms with Crippen molar-refractivity contribution in [2.24, 2.45) is 0 Å². The van der Waals surface area contributed by atoms with Crippen LogP contribution in [-0.4, -0.2) is 77.2 Å². The Morgan fingerprint density at radius 3 is 2.26 bits per heavy atom. The highest BCUT2D eigenvalue weighted by Gasteiger charge is 2.50. The molecule has 15 heteroatoms. The van der Waals surface area contributed by atoms with E-state index in [-0.39, 0.29) is 41.5 Å². The number of nitrogen functional groups attached to an aromatic ring is 1. The van der Waals surface area contributed by atoms with E-state index in [1.54, 1.807) is 12.1 Å². The number of aromatic nitrogens is 4. The van der Waals surface area contributed by atoms with Crippen molar-refractivity contribution >= 4 is 46.5 Å². The Bertz CT molecular complexity index is 1360. The van der Waals surface area contributed by atoms with Gasteiger partial charge in [0.1, 0.15) is 11.7 Å². The molecule has 1 aliphatic rings. The molecule has 0 spiro atoms. The Hall–Kier alpha value is -3.88. The maximum Gasteiger partial charge on any atom is 0.348 e. The number of hydrogen-bond donors (Lipinski definition) is 4. The summed E-state index contributed by atoms with van der Waals surface area (Å²) in [5.74, 6) is -4.45. The van der Waals surface area contributed by atoms with Gasteiger partial charge in [-0.25, -0.2) is 19.0 Å². The van der Waals surface area contributed by atoms with Gasteiger partial charge in [0.15, 0.2) is 17.7 Å². The topological polar surface area (TPSA) is 200 Å². The number of aryl methyl sites for hydroxylation is 1. The largest absolute Gasteiger partial charge is 0.481 e. The summed E-state index contributed by atoms with van der Waals surface area (Å²) in [6, 6.07) is 6.18. The average Bonchev–Trinajstić information content (AvgIpc) is 3.55. The first-order valence-corrected chi connectivity index (χ1v) is 13.7. The van der Waals surface area contributed by atoms with Crippen LogP contribution in [0, 0.1) is 0 Å². The first kappa shape index (κ1) is 34.3. The van der Waals surface area contributed by atoms with Crippen LogP contribution in [-0.2, 0) is 36.7 Å². The summed E-state index contributed by atoms with van der Waals surface area (Å²) in [7, 11) is 0. The summed E-state index contributed by atoms with van der Waals surface area (Å²) < 4.78 is 27.4. The third-order valence-corrected chi connectivity index (χ3v) is 6.30. The van der Waals surface area contributed by atoms with Crippen molar-refractivity contribution in [2.75, 3.05) is 12.3 Å². The standard InChI is InChI=1S/C23H23ClFN5O8.2C2H6/c24-22-28-17(26)16-18(29-22)30(10-27-16)19-14(25)7-13(38-19)9-37-23(20(33)34,21(35)36)8-12-3-1-11(2-4-12)5-6-15(31)32;2*1-2/h1-4,10,13-14,19H,5-9H2,(H,31,32)(H,33,34)(H,35,36)(H2,26,28,29);2*1-2H3. The van der Waals surface area contributed by atoms with Crippen molar-refractivity contribution in [2.45, 2.75) is 77.5 Å². The molecule has 1 fully saturated rings. The molecule has 1 saturated heterocycles. The highest BCUT2D eigenvalue weighted by molar-refractivity contribution is 6.28. The predicted molar refractivity (Wildman–Crippen MR) is 151 cm³/mol. The molecule has 3 heterocycles. The lowest BCUT2D eigenvalue weighted by Gasteiger charge is -2.27. The first-order valence-electron chi connectivity index (χ1n) is 13.4. The highest BCUT2D eigenvalue weighted by Crippen LogP contribution is 2.35. The summed E-state index contributed by atoms with van der Waals surface area (Å²) in [4.78, 5) is 46.8. The summed E-state index contributed by atoms with van der Waals surface area (Å²) in [5.41, 5.74) is 4.45. The van der Waals surface area contributed by atoms with Gasteiger partial charge < -0.3 is 30.5 Å². The second-order valence-corrected chi connectivity index (χ2v) is 9.08. The third kappa shape index (κ3) is 7.89. The maximum absolute atomic E-state index is 15.0. The van der Waals surface area contributed by atoms with Crippen LogP contribution in [0.2, 0.25) is 5.28 Å². The van der Waals surface area contributed by atoms with Crippen molar-refractivity contribution in [3.8, 4) is 0 Å². The molecule has 3 unspecified atom stereocenters. The number of rotatable bonds is 11. The quantitative estimate of drug-likeness (QED) is 0.180. The number of halogens is 2. The molecule has 230 valence electrons. The van der Waals surface area contributed by atoms with Gasteiger partial charge in [0.05, 0.1) is 19.0 Å². The summed E-state index contributed by atoms with van der Waals surface area (Å²) in [6.45, 7) is 7.47. The molecule has 4 rings (SSSR count). The van der Waals surface area contributed by atoms with Crippen molar-refractivity contribution in [3.63, 3.8) is 0 Å². The Balaban J connectivity index is 0.00000148. The predicted octanol–water partition coefficient (Wildman–Crippen LogP) is 3.92. The molecule has 1 aliphatic heterocycles. The second-order valence-electron chi connectivity index (χ2n) is 8.74. The minimum Gasteiger partial charge on any atom is -0.481 e. The Kier molecular flexibility index (Phi) is 12.6. The van der Waals surface area contributed by atoms with E-state index >= 15 is 0 Å². The summed E-state index contributed by atoms with van der Waals surface area (Å²) >= 11 is 5.85. The fraction of sp³-hybridized carbons (Fsp3) is 0.481. The molecule has 5 N–H and O–H groups in total. The highest BCUT2D eigenvalue weighted by atomic mass is 35.5. The SMILES string of the molecule is CC.CC.Nc1nc(Cl)nc2c1ncn2C1OC(COC(Cc2ccc(CCC(=O)O)cc2)(C(=O)O)C(=O)O)CC1F. The number of hydrogen-bond acceptors (Lipinski definition) is 9. The van der Waals surface area contributed by atoms with E-state index in [0.717, 1.165) is 0 Å². The number of nitrogens with zero attached hydrogens (tertiary/aromatic N) is 4. The zero-order valence-electron chi connectivity index (χ0n) is 23.7. The van der Waals surface area contributed by atoms with Crippen molar-refractivity contribution in [3.05, 3.63) is 47.0 Å². The molecule has 13 nitrogen and oxygen atoms in total. The van der Waals surface area contributed by atoms with Crippen LogP contribution in [0.25, 0.3) is 11.2 Å². The fourth-order valence-electron chi connectivity index (χ4n) is 4.16. The molecular formula is C27H35ClFN5O8. The lowest BCUT2D eigenvalue weighted by Crippen LogP contribution is -2.52. The molecule has 3 aromatic rings. The summed E-state index contributed by atoms with van der Waals surface area (Å²) in [5, 5.41) is 28.3. The zero-order valence-corrected chi connectivity index (χ0v) is 24.4.